The Bertz CT molecular complexity index is 1070. The fourth-order valence-electron chi connectivity index (χ4n) is 4.68. The number of fused-ring (bicyclic) bond motifs is 1. The lowest BCUT2D eigenvalue weighted by molar-refractivity contribution is -0.0251. The second kappa shape index (κ2) is 11.9. The lowest BCUT2D eigenvalue weighted by Gasteiger charge is -2.40. The molecule has 2 heterocycles. The monoisotopic (exact) mass is 479 g/mol. The molecule has 2 atom stereocenters. The number of thiazole rings is 1. The largest absolute Gasteiger partial charge is 0.390 e. The summed E-state index contributed by atoms with van der Waals surface area (Å²) in [5.74, 6) is 0. The van der Waals surface area contributed by atoms with Crippen LogP contribution in [0, 0.1) is 11.3 Å². The highest BCUT2D eigenvalue weighted by Gasteiger charge is 2.36. The number of ether oxygens (including phenoxy) is 1. The van der Waals surface area contributed by atoms with Gasteiger partial charge in [-0.15, -0.1) is 11.3 Å². The van der Waals surface area contributed by atoms with Gasteiger partial charge in [0.1, 0.15) is 5.01 Å². The Hall–Kier alpha value is -2.30. The minimum atomic E-state index is -0.260. The van der Waals surface area contributed by atoms with Crippen molar-refractivity contribution >= 4 is 16.9 Å². The zero-order valence-corrected chi connectivity index (χ0v) is 22.0. The van der Waals surface area contributed by atoms with Crippen molar-refractivity contribution in [3.63, 3.8) is 0 Å². The second-order valence-electron chi connectivity index (χ2n) is 8.85. The number of nitriles is 1. The number of likely N-dealkylation sites (tertiary alicyclic amines) is 1. The summed E-state index contributed by atoms with van der Waals surface area (Å²) in [5, 5.41) is 20.3. The van der Waals surface area contributed by atoms with E-state index in [1.165, 1.54) is 16.7 Å². The first-order valence-corrected chi connectivity index (χ1v) is 13.2. The molecule has 0 bridgehead atoms. The molecule has 1 aliphatic heterocycles. The van der Waals surface area contributed by atoms with E-state index in [9.17, 15) is 10.4 Å². The molecule has 5 nitrogen and oxygen atoms in total. The third-order valence-corrected chi connectivity index (χ3v) is 7.33. The number of aromatic nitrogens is 1. The van der Waals surface area contributed by atoms with Gasteiger partial charge < -0.3 is 9.84 Å². The normalized spacial score (nSPS) is 19.8. The maximum absolute atomic E-state index is 9.71. The van der Waals surface area contributed by atoms with Crippen LogP contribution in [0.25, 0.3) is 16.0 Å². The summed E-state index contributed by atoms with van der Waals surface area (Å²) in [6.07, 6.45) is 7.63. The summed E-state index contributed by atoms with van der Waals surface area (Å²) >= 11 is 1.66. The molecule has 1 saturated heterocycles. The summed E-state index contributed by atoms with van der Waals surface area (Å²) in [7, 11) is 0. The van der Waals surface area contributed by atoms with Crippen LogP contribution in [-0.2, 0) is 11.2 Å². The average molecular weight is 480 g/mol. The molecule has 0 saturated carbocycles. The molecule has 1 aliphatic carbocycles. The van der Waals surface area contributed by atoms with Crippen molar-refractivity contribution in [3.05, 3.63) is 58.3 Å². The first kappa shape index (κ1) is 26.3. The van der Waals surface area contributed by atoms with Crippen LogP contribution in [0.3, 0.4) is 0 Å². The van der Waals surface area contributed by atoms with Crippen molar-refractivity contribution in [2.75, 3.05) is 13.1 Å². The first-order chi connectivity index (χ1) is 16.4. The zero-order valence-electron chi connectivity index (χ0n) is 21.2. The number of aliphatic hydroxyl groups excluding tert-OH is 1. The molecule has 1 fully saturated rings. The van der Waals surface area contributed by atoms with Gasteiger partial charge >= 0.3 is 0 Å². The summed E-state index contributed by atoms with van der Waals surface area (Å²) in [6.45, 7) is 13.4. The molecule has 0 spiro atoms. The summed E-state index contributed by atoms with van der Waals surface area (Å²) in [5.41, 5.74) is 5.59. The van der Waals surface area contributed by atoms with Crippen molar-refractivity contribution < 1.29 is 9.84 Å². The van der Waals surface area contributed by atoms with Gasteiger partial charge in [-0.2, -0.15) is 5.26 Å². The van der Waals surface area contributed by atoms with Gasteiger partial charge in [0.05, 0.1) is 34.8 Å². The van der Waals surface area contributed by atoms with Crippen molar-refractivity contribution in [1.82, 2.24) is 9.88 Å². The standard InChI is InChI=1S/C26H31N3O2S.C2H6/c1-5-18(11-19(12-27)17(4)31-16(2)3)26-28-13-25(32-26)23-8-6-7-22-21(23)9-10-24(22)29-14-20(30)15-29;1-2/h5-8,11,13,16-17,20,24,30H,9-10,14-15H2,1-4H3;1-2H3/b18-5+,19-11-;. The van der Waals surface area contributed by atoms with E-state index in [0.29, 0.717) is 11.6 Å². The van der Waals surface area contributed by atoms with Crippen LogP contribution in [0.4, 0.5) is 0 Å². The van der Waals surface area contributed by atoms with Crippen LogP contribution in [0.1, 0.15) is 70.1 Å². The highest BCUT2D eigenvalue weighted by Crippen LogP contribution is 2.43. The fourth-order valence-corrected chi connectivity index (χ4v) is 5.69. The predicted octanol–water partition coefficient (Wildman–Crippen LogP) is 6.17. The third-order valence-electron chi connectivity index (χ3n) is 6.25. The quantitative estimate of drug-likeness (QED) is 0.380. The smallest absolute Gasteiger partial charge is 0.123 e. The number of rotatable bonds is 7. The fraction of sp³-hybridized carbons (Fsp3) is 0.500. The molecular formula is C28H37N3O2S. The van der Waals surface area contributed by atoms with Gasteiger partial charge in [0.15, 0.2) is 0 Å². The molecule has 34 heavy (non-hydrogen) atoms. The Morgan fingerprint density at radius 2 is 2.03 bits per heavy atom. The highest BCUT2D eigenvalue weighted by molar-refractivity contribution is 7.16. The number of β-amino-alcohol motifs (C(OH)–C–C–N with tert-alkyl or cyclic N) is 1. The van der Waals surface area contributed by atoms with Crippen LogP contribution >= 0.6 is 11.3 Å². The van der Waals surface area contributed by atoms with Gasteiger partial charge in [-0.3, -0.25) is 4.90 Å². The van der Waals surface area contributed by atoms with E-state index < -0.39 is 0 Å². The number of benzene rings is 1. The molecule has 2 unspecified atom stereocenters. The predicted molar refractivity (Wildman–Crippen MR) is 141 cm³/mol. The summed E-state index contributed by atoms with van der Waals surface area (Å²) in [4.78, 5) is 8.23. The first-order valence-electron chi connectivity index (χ1n) is 12.3. The topological polar surface area (TPSA) is 69.4 Å². The number of nitrogens with zero attached hydrogens (tertiary/aromatic N) is 3. The molecule has 0 amide bonds. The van der Waals surface area contributed by atoms with E-state index in [1.807, 2.05) is 59.9 Å². The van der Waals surface area contributed by atoms with Gasteiger partial charge in [-0.05, 0) is 63.3 Å². The Morgan fingerprint density at radius 3 is 2.65 bits per heavy atom. The Labute approximate surface area is 208 Å². The minimum absolute atomic E-state index is 0.0609. The van der Waals surface area contributed by atoms with Crippen LogP contribution in [0.15, 0.2) is 42.1 Å². The number of allylic oxidation sites excluding steroid dienone is 3. The molecule has 1 aromatic heterocycles. The van der Waals surface area contributed by atoms with Crippen LogP contribution < -0.4 is 0 Å². The van der Waals surface area contributed by atoms with Crippen molar-refractivity contribution in [2.24, 2.45) is 0 Å². The molecule has 6 heteroatoms. The lowest BCUT2D eigenvalue weighted by Crippen LogP contribution is -2.51. The lowest BCUT2D eigenvalue weighted by atomic mass is 9.99. The van der Waals surface area contributed by atoms with E-state index in [4.69, 9.17) is 9.72 Å². The van der Waals surface area contributed by atoms with Gasteiger partial charge in [-0.25, -0.2) is 4.98 Å². The molecule has 4 rings (SSSR count). The van der Waals surface area contributed by atoms with E-state index in [1.54, 1.807) is 11.3 Å². The van der Waals surface area contributed by atoms with Crippen LogP contribution in [-0.4, -0.2) is 46.4 Å². The minimum Gasteiger partial charge on any atom is -0.390 e. The number of hydrogen-bond donors (Lipinski definition) is 1. The Morgan fingerprint density at radius 1 is 1.29 bits per heavy atom. The molecule has 0 radical (unpaired) electrons. The molecule has 2 aliphatic rings. The SMILES string of the molecule is C/C=C(\C=C(\C#N)C(C)OC(C)C)c1ncc(-c2cccc3c2CCC3N2CC(O)C2)s1.CC. The van der Waals surface area contributed by atoms with Crippen molar-refractivity contribution in [1.29, 1.82) is 5.26 Å². The molecule has 182 valence electrons. The van der Waals surface area contributed by atoms with Crippen LogP contribution in [0.2, 0.25) is 0 Å². The summed E-state index contributed by atoms with van der Waals surface area (Å²) in [6, 6.07) is 9.27. The number of aliphatic hydroxyl groups is 1. The van der Waals surface area contributed by atoms with Gasteiger partial charge in [0.2, 0.25) is 0 Å². The Balaban J connectivity index is 0.00000158. The van der Waals surface area contributed by atoms with E-state index in [2.05, 4.69) is 29.2 Å². The molecule has 1 N–H and O–H groups in total. The van der Waals surface area contributed by atoms with E-state index >= 15 is 0 Å². The van der Waals surface area contributed by atoms with E-state index in [0.717, 1.165) is 41.4 Å². The second-order valence-corrected chi connectivity index (χ2v) is 9.88. The van der Waals surface area contributed by atoms with Gasteiger partial charge in [-0.1, -0.05) is 38.1 Å². The number of hydrogen-bond acceptors (Lipinski definition) is 6. The van der Waals surface area contributed by atoms with Gasteiger partial charge in [0, 0.05) is 30.9 Å². The van der Waals surface area contributed by atoms with Gasteiger partial charge in [0.25, 0.3) is 0 Å². The average Bonchev–Trinajstić information content (AvgIpc) is 3.46. The van der Waals surface area contributed by atoms with E-state index in [-0.39, 0.29) is 18.3 Å². The maximum Gasteiger partial charge on any atom is 0.123 e. The molecule has 1 aromatic carbocycles. The Kier molecular flexibility index (Phi) is 9.21. The van der Waals surface area contributed by atoms with Crippen LogP contribution in [0.5, 0.6) is 0 Å². The third kappa shape index (κ3) is 5.67. The molecular weight excluding hydrogens is 442 g/mol. The molecule has 2 aromatic rings. The summed E-state index contributed by atoms with van der Waals surface area (Å²) < 4.78 is 5.80. The highest BCUT2D eigenvalue weighted by atomic mass is 32.1. The van der Waals surface area contributed by atoms with Crippen molar-refractivity contribution in [3.8, 4) is 16.5 Å². The maximum atomic E-state index is 9.71. The zero-order chi connectivity index (χ0) is 24.8. The van der Waals surface area contributed by atoms with Crippen molar-refractivity contribution in [2.45, 2.75) is 78.7 Å².